The lowest BCUT2D eigenvalue weighted by Crippen LogP contribution is -2.65. The Morgan fingerprint density at radius 3 is 1.82 bits per heavy atom. The molecule has 0 saturated carbocycles. The summed E-state index contributed by atoms with van der Waals surface area (Å²) in [5.74, 6) is 0. The minimum atomic E-state index is 0.623. The van der Waals surface area contributed by atoms with Gasteiger partial charge in [-0.3, -0.25) is 4.90 Å². The van der Waals surface area contributed by atoms with Crippen LogP contribution in [0.1, 0.15) is 66.2 Å². The molecule has 162 valence electrons. The van der Waals surface area contributed by atoms with Gasteiger partial charge in [0.1, 0.15) is 0 Å². The Balaban J connectivity index is 1.22. The van der Waals surface area contributed by atoms with E-state index in [1.165, 1.54) is 90.9 Å². The molecule has 4 nitrogen and oxygen atoms in total. The highest BCUT2D eigenvalue weighted by molar-refractivity contribution is 5.01. The van der Waals surface area contributed by atoms with Crippen LogP contribution in [-0.4, -0.2) is 97.1 Å². The summed E-state index contributed by atoms with van der Waals surface area (Å²) >= 11 is 0. The van der Waals surface area contributed by atoms with E-state index in [1.807, 2.05) is 0 Å². The Bertz CT molecular complexity index is 529. The first-order valence-corrected chi connectivity index (χ1v) is 12.2. The van der Waals surface area contributed by atoms with Crippen LogP contribution in [0.4, 0.5) is 0 Å². The summed E-state index contributed by atoms with van der Waals surface area (Å²) in [4.78, 5) is 10.9. The van der Waals surface area contributed by atoms with Crippen molar-refractivity contribution in [3.05, 3.63) is 0 Å². The maximum Gasteiger partial charge on any atom is 0.00856 e. The lowest BCUT2D eigenvalue weighted by Gasteiger charge is -2.57. The maximum atomic E-state index is 2.84. The number of hydrogen-bond donors (Lipinski definition) is 0. The Labute approximate surface area is 174 Å². The molecule has 0 aliphatic carbocycles. The molecule has 0 aromatic heterocycles. The molecule has 3 atom stereocenters. The molecule has 0 amide bonds. The molecule has 4 saturated heterocycles. The molecule has 3 unspecified atom stereocenters. The van der Waals surface area contributed by atoms with E-state index >= 15 is 0 Å². The van der Waals surface area contributed by atoms with Gasteiger partial charge in [0.15, 0.2) is 0 Å². The van der Waals surface area contributed by atoms with Gasteiger partial charge in [-0.25, -0.2) is 0 Å². The molecule has 4 aliphatic heterocycles. The smallest absolute Gasteiger partial charge is 0.00856 e. The van der Waals surface area contributed by atoms with E-state index in [1.54, 1.807) is 0 Å². The lowest BCUT2D eigenvalue weighted by molar-refractivity contribution is -0.0773. The number of likely N-dealkylation sites (tertiary alicyclic amines) is 4. The van der Waals surface area contributed by atoms with E-state index in [9.17, 15) is 0 Å². The third-order valence-electron chi connectivity index (χ3n) is 8.84. The standard InChI is InChI=1S/C24H46N4/c1-20(2)28-18-24(19-28)9-6-12-26(17-24)21(3)7-8-22(4)27-14-11-23(16-27)10-13-25(5)15-23/h20-22H,6-19H2,1-5H3. The van der Waals surface area contributed by atoms with Crippen molar-refractivity contribution in [2.75, 3.05) is 59.4 Å². The third-order valence-corrected chi connectivity index (χ3v) is 8.84. The van der Waals surface area contributed by atoms with Gasteiger partial charge in [-0.05, 0) is 98.3 Å². The average Bonchev–Trinajstić information content (AvgIpc) is 3.23. The van der Waals surface area contributed by atoms with Gasteiger partial charge in [0.05, 0.1) is 0 Å². The molecule has 0 radical (unpaired) electrons. The number of rotatable bonds is 6. The summed E-state index contributed by atoms with van der Waals surface area (Å²) in [6.45, 7) is 20.4. The van der Waals surface area contributed by atoms with Crippen LogP contribution < -0.4 is 0 Å². The van der Waals surface area contributed by atoms with Gasteiger partial charge in [0.2, 0.25) is 0 Å². The van der Waals surface area contributed by atoms with Crippen LogP contribution >= 0.6 is 0 Å². The molecular weight excluding hydrogens is 344 g/mol. The van der Waals surface area contributed by atoms with Crippen molar-refractivity contribution in [2.45, 2.75) is 84.3 Å². The monoisotopic (exact) mass is 390 g/mol. The predicted octanol–water partition coefficient (Wildman–Crippen LogP) is 3.38. The first-order valence-electron chi connectivity index (χ1n) is 12.2. The first-order chi connectivity index (χ1) is 13.3. The quantitative estimate of drug-likeness (QED) is 0.689. The highest BCUT2D eigenvalue weighted by atomic mass is 15.3. The zero-order chi connectivity index (χ0) is 19.9. The van der Waals surface area contributed by atoms with Crippen LogP contribution in [0.5, 0.6) is 0 Å². The zero-order valence-corrected chi connectivity index (χ0v) is 19.4. The topological polar surface area (TPSA) is 13.0 Å². The van der Waals surface area contributed by atoms with E-state index in [2.05, 4.69) is 54.3 Å². The molecule has 28 heavy (non-hydrogen) atoms. The van der Waals surface area contributed by atoms with Gasteiger partial charge in [-0.15, -0.1) is 0 Å². The highest BCUT2D eigenvalue weighted by Crippen LogP contribution is 2.41. The Morgan fingerprint density at radius 1 is 0.643 bits per heavy atom. The fourth-order valence-corrected chi connectivity index (χ4v) is 6.75. The summed E-state index contributed by atoms with van der Waals surface area (Å²) in [5.41, 5.74) is 1.25. The molecule has 0 N–H and O–H groups in total. The molecule has 4 fully saturated rings. The Morgan fingerprint density at radius 2 is 1.21 bits per heavy atom. The molecule has 0 aromatic rings. The Kier molecular flexibility index (Phi) is 6.15. The molecule has 0 aromatic carbocycles. The molecule has 4 rings (SSSR count). The van der Waals surface area contributed by atoms with E-state index in [-0.39, 0.29) is 0 Å². The van der Waals surface area contributed by atoms with Crippen LogP contribution in [0.2, 0.25) is 0 Å². The van der Waals surface area contributed by atoms with Crippen LogP contribution in [0, 0.1) is 10.8 Å². The van der Waals surface area contributed by atoms with Crippen molar-refractivity contribution in [3.8, 4) is 0 Å². The van der Waals surface area contributed by atoms with E-state index in [0.717, 1.165) is 18.1 Å². The predicted molar refractivity (Wildman–Crippen MR) is 119 cm³/mol. The summed E-state index contributed by atoms with van der Waals surface area (Å²) in [7, 11) is 2.30. The fourth-order valence-electron chi connectivity index (χ4n) is 6.75. The van der Waals surface area contributed by atoms with Crippen molar-refractivity contribution in [3.63, 3.8) is 0 Å². The zero-order valence-electron chi connectivity index (χ0n) is 19.4. The van der Waals surface area contributed by atoms with Crippen molar-refractivity contribution in [2.24, 2.45) is 10.8 Å². The van der Waals surface area contributed by atoms with Gasteiger partial charge in [0, 0.05) is 56.3 Å². The largest absolute Gasteiger partial charge is 0.306 e. The summed E-state index contributed by atoms with van der Waals surface area (Å²) in [5, 5.41) is 0. The number of hydrogen-bond acceptors (Lipinski definition) is 4. The lowest BCUT2D eigenvalue weighted by atomic mass is 9.72. The maximum absolute atomic E-state index is 2.84. The third kappa shape index (κ3) is 4.31. The summed E-state index contributed by atoms with van der Waals surface area (Å²) < 4.78 is 0. The van der Waals surface area contributed by atoms with E-state index < -0.39 is 0 Å². The minimum Gasteiger partial charge on any atom is -0.306 e. The SMILES string of the molecule is CC(C)N1CC2(CCCN(C(C)CCC(C)N3CCC4(CCN(C)C4)C3)C2)C1. The van der Waals surface area contributed by atoms with Crippen LogP contribution in [0.15, 0.2) is 0 Å². The van der Waals surface area contributed by atoms with Crippen LogP contribution in [-0.2, 0) is 0 Å². The molecule has 4 heterocycles. The molecule has 2 spiro atoms. The summed E-state index contributed by atoms with van der Waals surface area (Å²) in [6, 6.07) is 2.23. The molecular formula is C24H46N4. The van der Waals surface area contributed by atoms with Gasteiger partial charge < -0.3 is 14.7 Å². The van der Waals surface area contributed by atoms with Crippen LogP contribution in [0.25, 0.3) is 0 Å². The van der Waals surface area contributed by atoms with E-state index in [4.69, 9.17) is 0 Å². The van der Waals surface area contributed by atoms with Crippen LogP contribution in [0.3, 0.4) is 0 Å². The van der Waals surface area contributed by atoms with Gasteiger partial charge in [0.25, 0.3) is 0 Å². The fraction of sp³-hybridized carbons (Fsp3) is 1.00. The first kappa shape index (κ1) is 21.1. The van der Waals surface area contributed by atoms with Crippen molar-refractivity contribution >= 4 is 0 Å². The van der Waals surface area contributed by atoms with E-state index in [0.29, 0.717) is 10.8 Å². The van der Waals surface area contributed by atoms with Gasteiger partial charge in [-0.2, -0.15) is 0 Å². The van der Waals surface area contributed by atoms with Crippen molar-refractivity contribution in [1.82, 2.24) is 19.6 Å². The molecule has 4 heteroatoms. The minimum absolute atomic E-state index is 0.623. The number of nitrogens with zero attached hydrogens (tertiary/aromatic N) is 4. The molecule has 4 aliphatic rings. The average molecular weight is 391 g/mol. The van der Waals surface area contributed by atoms with Gasteiger partial charge in [-0.1, -0.05) is 0 Å². The Hall–Kier alpha value is -0.160. The summed E-state index contributed by atoms with van der Waals surface area (Å²) in [6.07, 6.45) is 8.46. The van der Waals surface area contributed by atoms with Crippen molar-refractivity contribution in [1.29, 1.82) is 0 Å². The molecule has 0 bridgehead atoms. The van der Waals surface area contributed by atoms with Gasteiger partial charge >= 0.3 is 0 Å². The second-order valence-corrected chi connectivity index (χ2v) is 11.6. The second kappa shape index (κ2) is 8.17. The number of piperidine rings is 1. The highest BCUT2D eigenvalue weighted by Gasteiger charge is 2.47. The second-order valence-electron chi connectivity index (χ2n) is 11.6. The normalized spacial score (nSPS) is 34.5. The van der Waals surface area contributed by atoms with Crippen molar-refractivity contribution < 1.29 is 0 Å².